The lowest BCUT2D eigenvalue weighted by molar-refractivity contribution is 0.755. The quantitative estimate of drug-likeness (QED) is 0.545. The predicted molar refractivity (Wildman–Crippen MR) is 77.7 cm³/mol. The highest BCUT2D eigenvalue weighted by Crippen LogP contribution is 2.34. The first-order valence-corrected chi connectivity index (χ1v) is 10.0. The number of hydrogen-bond donors (Lipinski definition) is 0. The van der Waals surface area contributed by atoms with Gasteiger partial charge < -0.3 is 0 Å². The van der Waals surface area contributed by atoms with Crippen LogP contribution in [0.1, 0.15) is 58.8 Å². The topological polar surface area (TPSA) is 0 Å². The molecule has 0 unspecified atom stereocenters. The highest BCUT2D eigenvalue weighted by atomic mass is 28.3. The third-order valence-corrected chi connectivity index (χ3v) is 5.60. The average Bonchev–Trinajstić information content (AvgIpc) is 2.66. The van der Waals surface area contributed by atoms with Crippen LogP contribution in [0.25, 0.3) is 0 Å². The Kier molecular flexibility index (Phi) is 6.11. The van der Waals surface area contributed by atoms with Crippen LogP contribution < -0.4 is 0 Å². The molecule has 1 aliphatic carbocycles. The lowest BCUT2D eigenvalue weighted by Crippen LogP contribution is -2.06. The fourth-order valence-corrected chi connectivity index (χ4v) is 4.18. The molecule has 0 aromatic heterocycles. The van der Waals surface area contributed by atoms with E-state index in [0.29, 0.717) is 0 Å². The molecule has 1 aliphatic rings. The van der Waals surface area contributed by atoms with Crippen molar-refractivity contribution in [2.75, 3.05) is 0 Å². The van der Waals surface area contributed by atoms with E-state index in [2.05, 4.69) is 33.0 Å². The second-order valence-corrected chi connectivity index (χ2v) is 8.31. The fourth-order valence-electron chi connectivity index (χ4n) is 2.56. The van der Waals surface area contributed by atoms with Crippen LogP contribution in [-0.4, -0.2) is 8.80 Å². The summed E-state index contributed by atoms with van der Waals surface area (Å²) in [6, 6.07) is 0. The van der Waals surface area contributed by atoms with Crippen LogP contribution in [0, 0.1) is 0 Å². The van der Waals surface area contributed by atoms with Crippen LogP contribution in [-0.2, 0) is 0 Å². The molecule has 0 nitrogen and oxygen atoms in total. The molecule has 0 radical (unpaired) electrons. The Hall–Kier alpha value is -0.303. The van der Waals surface area contributed by atoms with Gasteiger partial charge in [0.2, 0.25) is 0 Å². The molecule has 0 spiro atoms. The van der Waals surface area contributed by atoms with Crippen molar-refractivity contribution in [3.8, 4) is 0 Å². The van der Waals surface area contributed by atoms with Gasteiger partial charge in [-0.3, -0.25) is 0 Å². The van der Waals surface area contributed by atoms with Crippen LogP contribution in [0.2, 0.25) is 13.1 Å². The van der Waals surface area contributed by atoms with Gasteiger partial charge in [0.15, 0.2) is 0 Å². The smallest absolute Gasteiger partial charge is 0.0603 e. The van der Waals surface area contributed by atoms with E-state index in [1.54, 1.807) is 11.1 Å². The zero-order chi connectivity index (χ0) is 12.0. The maximum atomic E-state index is 2.53. The van der Waals surface area contributed by atoms with Crippen LogP contribution in [0.3, 0.4) is 0 Å². The highest BCUT2D eigenvalue weighted by molar-refractivity contribution is 6.64. The molecule has 0 aromatic carbocycles. The second-order valence-electron chi connectivity index (χ2n) is 5.30. The zero-order valence-electron chi connectivity index (χ0n) is 11.6. The van der Waals surface area contributed by atoms with Crippen LogP contribution >= 0.6 is 0 Å². The molecule has 0 N–H and O–H groups in total. The standard InChI is InChI=1S/C15H28Si/c1-5-7-9-13-11-12-15(16(3)4)14(13)10-8-6-2/h11,16H,5-10,12H2,1-4H3. The monoisotopic (exact) mass is 236 g/mol. The van der Waals surface area contributed by atoms with Crippen molar-refractivity contribution in [1.29, 1.82) is 0 Å². The lowest BCUT2D eigenvalue weighted by atomic mass is 9.99. The van der Waals surface area contributed by atoms with E-state index < -0.39 is 8.80 Å². The molecule has 0 atom stereocenters. The van der Waals surface area contributed by atoms with E-state index in [1.165, 1.54) is 44.9 Å². The van der Waals surface area contributed by atoms with Gasteiger partial charge in [0.1, 0.15) is 0 Å². The molecule has 0 amide bonds. The van der Waals surface area contributed by atoms with E-state index in [1.807, 2.05) is 5.20 Å². The maximum absolute atomic E-state index is 2.53. The number of unbranched alkanes of at least 4 members (excludes halogenated alkanes) is 2. The Morgan fingerprint density at radius 1 is 1.06 bits per heavy atom. The number of hydrogen-bond acceptors (Lipinski definition) is 0. The number of rotatable bonds is 7. The van der Waals surface area contributed by atoms with Crippen molar-refractivity contribution in [2.45, 2.75) is 71.9 Å². The summed E-state index contributed by atoms with van der Waals surface area (Å²) in [4.78, 5) is 0. The van der Waals surface area contributed by atoms with Crippen molar-refractivity contribution in [3.63, 3.8) is 0 Å². The van der Waals surface area contributed by atoms with E-state index in [4.69, 9.17) is 0 Å². The van der Waals surface area contributed by atoms with Gasteiger partial charge in [0.05, 0.1) is 8.80 Å². The summed E-state index contributed by atoms with van der Waals surface area (Å²) in [6.45, 7) is 9.57. The summed E-state index contributed by atoms with van der Waals surface area (Å²) in [5, 5.41) is 1.86. The molecule has 0 saturated heterocycles. The van der Waals surface area contributed by atoms with Gasteiger partial charge in [0, 0.05) is 0 Å². The summed E-state index contributed by atoms with van der Waals surface area (Å²) in [5.41, 5.74) is 3.50. The average molecular weight is 236 g/mol. The number of allylic oxidation sites excluding steroid dienone is 4. The molecule has 0 aromatic rings. The molecule has 1 heteroatoms. The summed E-state index contributed by atoms with van der Waals surface area (Å²) < 4.78 is 0. The van der Waals surface area contributed by atoms with Gasteiger partial charge >= 0.3 is 0 Å². The Morgan fingerprint density at radius 3 is 2.25 bits per heavy atom. The van der Waals surface area contributed by atoms with Crippen molar-refractivity contribution >= 4 is 8.80 Å². The van der Waals surface area contributed by atoms with Gasteiger partial charge in [-0.25, -0.2) is 0 Å². The molecule has 0 heterocycles. The fraction of sp³-hybridized carbons (Fsp3) is 0.733. The summed E-state index contributed by atoms with van der Waals surface area (Å²) in [6.07, 6.45) is 11.9. The van der Waals surface area contributed by atoms with Gasteiger partial charge in [-0.15, -0.1) is 0 Å². The normalized spacial score (nSPS) is 16.2. The molecule has 0 fully saturated rings. The summed E-state index contributed by atoms with van der Waals surface area (Å²) in [7, 11) is -0.568. The van der Waals surface area contributed by atoms with E-state index in [9.17, 15) is 0 Å². The van der Waals surface area contributed by atoms with E-state index in [-0.39, 0.29) is 0 Å². The van der Waals surface area contributed by atoms with Crippen molar-refractivity contribution in [2.24, 2.45) is 0 Å². The highest BCUT2D eigenvalue weighted by Gasteiger charge is 2.18. The van der Waals surface area contributed by atoms with Gasteiger partial charge in [-0.1, -0.05) is 51.1 Å². The maximum Gasteiger partial charge on any atom is 0.0603 e. The summed E-state index contributed by atoms with van der Waals surface area (Å²) in [5.74, 6) is 0. The Balaban J connectivity index is 2.70. The first-order chi connectivity index (χ1) is 7.70. The Labute approximate surface area is 103 Å². The second kappa shape index (κ2) is 7.11. The largest absolute Gasteiger partial charge is 0.0775 e. The molecule has 92 valence electrons. The van der Waals surface area contributed by atoms with Crippen molar-refractivity contribution in [3.05, 3.63) is 22.4 Å². The van der Waals surface area contributed by atoms with Gasteiger partial charge in [-0.05, 0) is 43.3 Å². The Morgan fingerprint density at radius 2 is 1.69 bits per heavy atom. The summed E-state index contributed by atoms with van der Waals surface area (Å²) >= 11 is 0. The Bertz CT molecular complexity index is 271. The third kappa shape index (κ3) is 3.62. The molecular formula is C15H28Si. The lowest BCUT2D eigenvalue weighted by Gasteiger charge is -2.13. The molecule has 0 aliphatic heterocycles. The molecule has 1 rings (SSSR count). The van der Waals surface area contributed by atoms with Crippen LogP contribution in [0.5, 0.6) is 0 Å². The van der Waals surface area contributed by atoms with Crippen LogP contribution in [0.15, 0.2) is 22.4 Å². The SMILES string of the molecule is CCCCC1=CCC([SiH](C)C)=C1CCCC. The first kappa shape index (κ1) is 13.8. The first-order valence-electron chi connectivity index (χ1n) is 7.12. The predicted octanol–water partition coefficient (Wildman–Crippen LogP) is 5.02. The van der Waals surface area contributed by atoms with Crippen LogP contribution in [0.4, 0.5) is 0 Å². The van der Waals surface area contributed by atoms with E-state index in [0.717, 1.165) is 0 Å². The van der Waals surface area contributed by atoms with Gasteiger partial charge in [-0.2, -0.15) is 0 Å². The molecule has 0 saturated carbocycles. The molecule has 0 bridgehead atoms. The minimum Gasteiger partial charge on any atom is -0.0775 e. The minimum absolute atomic E-state index is 0.568. The van der Waals surface area contributed by atoms with Gasteiger partial charge in [0.25, 0.3) is 0 Å². The third-order valence-electron chi connectivity index (χ3n) is 3.62. The van der Waals surface area contributed by atoms with E-state index >= 15 is 0 Å². The zero-order valence-corrected chi connectivity index (χ0v) is 12.8. The molecular weight excluding hydrogens is 208 g/mol. The van der Waals surface area contributed by atoms with Crippen molar-refractivity contribution in [1.82, 2.24) is 0 Å². The minimum atomic E-state index is -0.568. The van der Waals surface area contributed by atoms with Crippen molar-refractivity contribution < 1.29 is 0 Å². The molecule has 16 heavy (non-hydrogen) atoms.